The maximum Gasteiger partial charge on any atom is 0.303 e. The number of methoxy groups -OCH3 is 1. The second kappa shape index (κ2) is 11.8. The van der Waals surface area contributed by atoms with E-state index in [2.05, 4.69) is 6.92 Å². The van der Waals surface area contributed by atoms with Crippen LogP contribution in [-0.2, 0) is 4.79 Å². The predicted octanol–water partition coefficient (Wildman–Crippen LogP) is 6.11. The third-order valence-corrected chi connectivity index (χ3v) is 5.42. The molecule has 6 heteroatoms. The molecule has 0 spiro atoms. The molecule has 0 aliphatic heterocycles. The van der Waals surface area contributed by atoms with E-state index < -0.39 is 5.97 Å². The van der Waals surface area contributed by atoms with Gasteiger partial charge in [0.2, 0.25) is 0 Å². The average molecular weight is 463 g/mol. The normalized spacial score (nSPS) is 10.5. The van der Waals surface area contributed by atoms with Crippen molar-refractivity contribution in [2.45, 2.75) is 32.6 Å². The van der Waals surface area contributed by atoms with Gasteiger partial charge in [-0.15, -0.1) is 0 Å². The van der Waals surface area contributed by atoms with Crippen LogP contribution in [0.3, 0.4) is 0 Å². The van der Waals surface area contributed by atoms with Crippen molar-refractivity contribution in [3.63, 3.8) is 0 Å². The van der Waals surface area contributed by atoms with E-state index in [-0.39, 0.29) is 24.5 Å². The van der Waals surface area contributed by atoms with Crippen LogP contribution in [-0.4, -0.2) is 35.0 Å². The number of rotatable bonds is 11. The molecule has 0 radical (unpaired) electrons. The Morgan fingerprint density at radius 1 is 0.794 bits per heavy atom. The third kappa shape index (κ3) is 6.32. The molecule has 3 rings (SSSR count). The minimum absolute atomic E-state index is 0.0480. The molecule has 0 aliphatic carbocycles. The SMILES string of the molecule is CCCC(=C(c1ccc(O)cc1)c1ccc(O)cc1)c1ccc(OCCCC(=O)O)c(OC)c1. The lowest BCUT2D eigenvalue weighted by molar-refractivity contribution is -0.137. The molecule has 0 fully saturated rings. The Kier molecular flexibility index (Phi) is 8.57. The van der Waals surface area contributed by atoms with Crippen molar-refractivity contribution in [1.29, 1.82) is 0 Å². The first kappa shape index (κ1) is 24.7. The Morgan fingerprint density at radius 3 is 1.85 bits per heavy atom. The predicted molar refractivity (Wildman–Crippen MR) is 132 cm³/mol. The summed E-state index contributed by atoms with van der Waals surface area (Å²) in [5.41, 5.74) is 4.95. The van der Waals surface area contributed by atoms with Gasteiger partial charge < -0.3 is 24.8 Å². The number of carboxylic acid groups (broad SMARTS) is 1. The summed E-state index contributed by atoms with van der Waals surface area (Å²) in [6, 6.07) is 19.9. The topological polar surface area (TPSA) is 96.2 Å². The first-order valence-electron chi connectivity index (χ1n) is 11.3. The first-order valence-corrected chi connectivity index (χ1v) is 11.3. The third-order valence-electron chi connectivity index (χ3n) is 5.42. The summed E-state index contributed by atoms with van der Waals surface area (Å²) in [7, 11) is 1.58. The number of aliphatic carboxylic acids is 1. The van der Waals surface area contributed by atoms with Gasteiger partial charge in [0.25, 0.3) is 0 Å². The van der Waals surface area contributed by atoms with Gasteiger partial charge in [-0.25, -0.2) is 0 Å². The number of allylic oxidation sites excluding steroid dienone is 1. The van der Waals surface area contributed by atoms with Crippen molar-refractivity contribution < 1.29 is 29.6 Å². The van der Waals surface area contributed by atoms with Crippen LogP contribution in [0.5, 0.6) is 23.0 Å². The second-order valence-electron chi connectivity index (χ2n) is 7.91. The van der Waals surface area contributed by atoms with Crippen LogP contribution in [0.4, 0.5) is 0 Å². The molecule has 0 aromatic heterocycles. The summed E-state index contributed by atoms with van der Waals surface area (Å²) in [6.45, 7) is 2.40. The summed E-state index contributed by atoms with van der Waals surface area (Å²) in [5, 5.41) is 28.4. The maximum atomic E-state index is 10.7. The van der Waals surface area contributed by atoms with Crippen LogP contribution >= 0.6 is 0 Å². The molecule has 0 aliphatic rings. The number of ether oxygens (including phenoxy) is 2. The lowest BCUT2D eigenvalue weighted by atomic mass is 9.87. The van der Waals surface area contributed by atoms with Crippen molar-refractivity contribution in [3.8, 4) is 23.0 Å². The summed E-state index contributed by atoms with van der Waals surface area (Å²) in [6.07, 6.45) is 2.16. The van der Waals surface area contributed by atoms with Crippen LogP contribution < -0.4 is 9.47 Å². The number of aromatic hydroxyl groups is 2. The molecule has 3 aromatic rings. The zero-order chi connectivity index (χ0) is 24.5. The lowest BCUT2D eigenvalue weighted by Gasteiger charge is -2.19. The van der Waals surface area contributed by atoms with Gasteiger partial charge in [0.1, 0.15) is 11.5 Å². The Hall–Kier alpha value is -3.93. The first-order chi connectivity index (χ1) is 16.4. The van der Waals surface area contributed by atoms with Crippen molar-refractivity contribution in [2.24, 2.45) is 0 Å². The van der Waals surface area contributed by atoms with Crippen molar-refractivity contribution >= 4 is 17.1 Å². The molecule has 3 aromatic carbocycles. The Balaban J connectivity index is 2.09. The van der Waals surface area contributed by atoms with E-state index in [1.165, 1.54) is 0 Å². The summed E-state index contributed by atoms with van der Waals surface area (Å²) in [5.74, 6) is 0.658. The van der Waals surface area contributed by atoms with Gasteiger partial charge in [-0.2, -0.15) is 0 Å². The Labute approximate surface area is 199 Å². The van der Waals surface area contributed by atoms with Crippen molar-refractivity contribution in [2.75, 3.05) is 13.7 Å². The van der Waals surface area contributed by atoms with E-state index in [0.717, 1.165) is 40.7 Å². The molecule has 0 saturated heterocycles. The molecular weight excluding hydrogens is 432 g/mol. The zero-order valence-electron chi connectivity index (χ0n) is 19.5. The minimum Gasteiger partial charge on any atom is -0.508 e. The Bertz CT molecular complexity index is 1080. The quantitative estimate of drug-likeness (QED) is 0.235. The Morgan fingerprint density at radius 2 is 1.35 bits per heavy atom. The number of benzene rings is 3. The van der Waals surface area contributed by atoms with Crippen LogP contribution in [0.2, 0.25) is 0 Å². The largest absolute Gasteiger partial charge is 0.508 e. The number of carboxylic acids is 1. The average Bonchev–Trinajstić information content (AvgIpc) is 2.83. The molecule has 34 heavy (non-hydrogen) atoms. The number of phenolic OH excluding ortho intramolecular Hbond substituents is 2. The maximum absolute atomic E-state index is 10.7. The van der Waals surface area contributed by atoms with Gasteiger partial charge >= 0.3 is 5.97 Å². The number of carbonyl (C=O) groups is 1. The van der Waals surface area contributed by atoms with Gasteiger partial charge in [0.15, 0.2) is 11.5 Å². The van der Waals surface area contributed by atoms with E-state index in [4.69, 9.17) is 14.6 Å². The minimum atomic E-state index is -0.851. The molecule has 6 nitrogen and oxygen atoms in total. The smallest absolute Gasteiger partial charge is 0.303 e. The molecule has 0 unspecified atom stereocenters. The van der Waals surface area contributed by atoms with Crippen LogP contribution in [0.1, 0.15) is 49.3 Å². The molecule has 0 bridgehead atoms. The molecule has 3 N–H and O–H groups in total. The van der Waals surface area contributed by atoms with E-state index in [9.17, 15) is 15.0 Å². The second-order valence-corrected chi connectivity index (χ2v) is 7.91. The van der Waals surface area contributed by atoms with Gasteiger partial charge in [-0.05, 0) is 77.1 Å². The molecular formula is C28H30O6. The number of hydrogen-bond donors (Lipinski definition) is 3. The van der Waals surface area contributed by atoms with Gasteiger partial charge in [0.05, 0.1) is 13.7 Å². The molecule has 0 heterocycles. The highest BCUT2D eigenvalue weighted by Crippen LogP contribution is 2.39. The fourth-order valence-electron chi connectivity index (χ4n) is 3.82. The van der Waals surface area contributed by atoms with E-state index in [0.29, 0.717) is 17.9 Å². The zero-order valence-corrected chi connectivity index (χ0v) is 19.5. The monoisotopic (exact) mass is 462 g/mol. The van der Waals surface area contributed by atoms with Crippen LogP contribution in [0.15, 0.2) is 66.7 Å². The molecule has 0 atom stereocenters. The molecule has 0 saturated carbocycles. The summed E-state index contributed by atoms with van der Waals surface area (Å²) in [4.78, 5) is 10.7. The molecule has 0 amide bonds. The van der Waals surface area contributed by atoms with Gasteiger partial charge in [-0.1, -0.05) is 43.7 Å². The van der Waals surface area contributed by atoms with Crippen molar-refractivity contribution in [3.05, 3.63) is 83.4 Å². The highest BCUT2D eigenvalue weighted by molar-refractivity contribution is 5.99. The fourth-order valence-corrected chi connectivity index (χ4v) is 3.82. The van der Waals surface area contributed by atoms with E-state index in [1.54, 1.807) is 31.4 Å². The summed E-state index contributed by atoms with van der Waals surface area (Å²) >= 11 is 0. The van der Waals surface area contributed by atoms with Gasteiger partial charge in [0, 0.05) is 6.42 Å². The van der Waals surface area contributed by atoms with Crippen LogP contribution in [0.25, 0.3) is 11.1 Å². The van der Waals surface area contributed by atoms with Crippen molar-refractivity contribution in [1.82, 2.24) is 0 Å². The summed E-state index contributed by atoms with van der Waals surface area (Å²) < 4.78 is 11.4. The number of phenols is 2. The molecule has 178 valence electrons. The fraction of sp³-hybridized carbons (Fsp3) is 0.250. The standard InChI is InChI=1S/C28H30O6/c1-3-5-24(21-11-16-25(26(18-21)33-2)34-17-4-6-27(31)32)28(19-7-12-22(29)13-8-19)20-9-14-23(30)15-10-20/h7-16,18,29-30H,3-6,17H2,1-2H3,(H,31,32). The van der Waals surface area contributed by atoms with E-state index >= 15 is 0 Å². The van der Waals surface area contributed by atoms with Gasteiger partial charge in [-0.3, -0.25) is 4.79 Å². The number of hydrogen-bond acceptors (Lipinski definition) is 5. The highest BCUT2D eigenvalue weighted by atomic mass is 16.5. The lowest BCUT2D eigenvalue weighted by Crippen LogP contribution is -2.03. The van der Waals surface area contributed by atoms with Crippen LogP contribution in [0, 0.1) is 0 Å². The van der Waals surface area contributed by atoms with E-state index in [1.807, 2.05) is 42.5 Å². The highest BCUT2D eigenvalue weighted by Gasteiger charge is 2.16.